The van der Waals surface area contributed by atoms with Crippen LogP contribution >= 0.6 is 27.3 Å². The maximum absolute atomic E-state index is 11.9. The Kier molecular flexibility index (Phi) is 4.97. The largest absolute Gasteiger partial charge is 0.444 e. The molecule has 0 aromatic carbocycles. The average Bonchev–Trinajstić information content (AvgIpc) is 3.07. The van der Waals surface area contributed by atoms with Gasteiger partial charge >= 0.3 is 0 Å². The first-order valence-electron chi connectivity index (χ1n) is 5.86. The Balaban J connectivity index is 1.81. The molecule has 2 heterocycles. The molecule has 0 radical (unpaired) electrons. The molecule has 0 fully saturated rings. The van der Waals surface area contributed by atoms with Crippen LogP contribution in [0.25, 0.3) is 0 Å². The normalized spacial score (nSPS) is 10.3. The van der Waals surface area contributed by atoms with Gasteiger partial charge in [-0.15, -0.1) is 11.3 Å². The van der Waals surface area contributed by atoms with E-state index in [4.69, 9.17) is 4.42 Å². The highest BCUT2D eigenvalue weighted by atomic mass is 79.9. The second-order valence-electron chi connectivity index (χ2n) is 4.12. The first-order chi connectivity index (χ1) is 9.56. The van der Waals surface area contributed by atoms with Gasteiger partial charge in [-0.05, 0) is 39.5 Å². The summed E-state index contributed by atoms with van der Waals surface area (Å²) in [4.78, 5) is 26.3. The van der Waals surface area contributed by atoms with E-state index in [0.717, 1.165) is 4.88 Å². The molecule has 0 spiro atoms. The molecular formula is C13H13BrN2O3S. The molecular weight excluding hydrogens is 344 g/mol. The summed E-state index contributed by atoms with van der Waals surface area (Å²) in [5.41, 5.74) is 0. The second kappa shape index (κ2) is 6.71. The van der Waals surface area contributed by atoms with Crippen LogP contribution in [0.15, 0.2) is 38.7 Å². The number of thiophene rings is 1. The highest BCUT2D eigenvalue weighted by Crippen LogP contribution is 2.14. The van der Waals surface area contributed by atoms with Gasteiger partial charge in [-0.1, -0.05) is 6.07 Å². The van der Waals surface area contributed by atoms with E-state index < -0.39 is 5.91 Å². The Morgan fingerprint density at radius 3 is 2.80 bits per heavy atom. The third-order valence-corrected chi connectivity index (χ3v) is 3.88. The van der Waals surface area contributed by atoms with E-state index in [-0.39, 0.29) is 18.2 Å². The molecule has 2 aromatic heterocycles. The number of furan rings is 1. The van der Waals surface area contributed by atoms with Gasteiger partial charge in [0.25, 0.3) is 5.91 Å². The summed E-state index contributed by atoms with van der Waals surface area (Å²) in [6.45, 7) is 0.484. The number of halogens is 1. The van der Waals surface area contributed by atoms with E-state index in [1.54, 1.807) is 35.4 Å². The van der Waals surface area contributed by atoms with E-state index in [1.807, 2.05) is 17.5 Å². The van der Waals surface area contributed by atoms with Crippen molar-refractivity contribution in [1.29, 1.82) is 0 Å². The lowest BCUT2D eigenvalue weighted by Crippen LogP contribution is -2.37. The number of carbonyl (C=O) groups excluding carboxylic acids is 2. The monoisotopic (exact) mass is 356 g/mol. The topological polar surface area (TPSA) is 62.6 Å². The first kappa shape index (κ1) is 14.8. The number of amides is 2. The average molecular weight is 357 g/mol. The number of hydrogen-bond donors (Lipinski definition) is 1. The van der Waals surface area contributed by atoms with Crippen LogP contribution in [0, 0.1) is 0 Å². The highest BCUT2D eigenvalue weighted by molar-refractivity contribution is 9.10. The molecule has 2 rings (SSSR count). The molecule has 5 nitrogen and oxygen atoms in total. The van der Waals surface area contributed by atoms with Crippen LogP contribution in [0.1, 0.15) is 15.4 Å². The molecule has 2 aromatic rings. The molecule has 0 unspecified atom stereocenters. The van der Waals surface area contributed by atoms with Crippen LogP contribution < -0.4 is 5.32 Å². The number of rotatable bonds is 5. The zero-order valence-electron chi connectivity index (χ0n) is 10.8. The van der Waals surface area contributed by atoms with Crippen molar-refractivity contribution in [1.82, 2.24) is 10.2 Å². The number of carbonyl (C=O) groups is 2. The summed E-state index contributed by atoms with van der Waals surface area (Å²) >= 11 is 4.71. The Morgan fingerprint density at radius 1 is 1.40 bits per heavy atom. The molecule has 20 heavy (non-hydrogen) atoms. The predicted octanol–water partition coefficient (Wildman–Crippen LogP) is 2.49. The van der Waals surface area contributed by atoms with Crippen molar-refractivity contribution in [3.63, 3.8) is 0 Å². The molecule has 1 N–H and O–H groups in total. The van der Waals surface area contributed by atoms with E-state index >= 15 is 0 Å². The van der Waals surface area contributed by atoms with Crippen molar-refractivity contribution >= 4 is 39.1 Å². The van der Waals surface area contributed by atoms with E-state index in [1.165, 1.54) is 0 Å². The number of likely N-dealkylation sites (N-methyl/N-ethyl adjacent to an activating group) is 1. The Morgan fingerprint density at radius 2 is 2.20 bits per heavy atom. The quantitative estimate of drug-likeness (QED) is 0.894. The highest BCUT2D eigenvalue weighted by Gasteiger charge is 2.14. The summed E-state index contributed by atoms with van der Waals surface area (Å²) in [5.74, 6) is -0.392. The molecule has 0 aliphatic heterocycles. The maximum atomic E-state index is 11.9. The van der Waals surface area contributed by atoms with Gasteiger partial charge in [-0.3, -0.25) is 9.59 Å². The lowest BCUT2D eigenvalue weighted by Gasteiger charge is -2.16. The van der Waals surface area contributed by atoms with E-state index in [2.05, 4.69) is 21.2 Å². The Labute approximate surface area is 128 Å². The van der Waals surface area contributed by atoms with Crippen LogP contribution in [0.3, 0.4) is 0 Å². The maximum Gasteiger partial charge on any atom is 0.287 e. The summed E-state index contributed by atoms with van der Waals surface area (Å²) in [5, 5.41) is 4.49. The van der Waals surface area contributed by atoms with Gasteiger partial charge in [0.15, 0.2) is 10.4 Å². The van der Waals surface area contributed by atoms with Crippen LogP contribution in [-0.4, -0.2) is 30.3 Å². The lowest BCUT2D eigenvalue weighted by atomic mass is 10.4. The van der Waals surface area contributed by atoms with Crippen molar-refractivity contribution in [2.75, 3.05) is 13.6 Å². The standard InChI is InChI=1S/C13H13BrN2O3S/c1-16(8-9-3-2-6-20-9)12(17)7-15-13(18)10-4-5-11(14)19-10/h2-6H,7-8H2,1H3,(H,15,18). The van der Waals surface area contributed by atoms with Gasteiger partial charge < -0.3 is 14.6 Å². The molecule has 2 amide bonds. The van der Waals surface area contributed by atoms with Gasteiger partial charge in [0.1, 0.15) is 0 Å². The SMILES string of the molecule is CN(Cc1cccs1)C(=O)CNC(=O)c1ccc(Br)o1. The molecule has 0 aliphatic carbocycles. The number of hydrogen-bond acceptors (Lipinski definition) is 4. The zero-order chi connectivity index (χ0) is 14.5. The molecule has 0 saturated heterocycles. The number of nitrogens with zero attached hydrogens (tertiary/aromatic N) is 1. The van der Waals surface area contributed by atoms with Gasteiger partial charge in [0.05, 0.1) is 13.1 Å². The van der Waals surface area contributed by atoms with E-state index in [0.29, 0.717) is 11.2 Å². The molecule has 7 heteroatoms. The van der Waals surface area contributed by atoms with Gasteiger partial charge in [0.2, 0.25) is 5.91 Å². The predicted molar refractivity (Wildman–Crippen MR) is 79.5 cm³/mol. The van der Waals surface area contributed by atoms with Crippen LogP contribution in [0.2, 0.25) is 0 Å². The fourth-order valence-corrected chi connectivity index (χ4v) is 2.60. The lowest BCUT2D eigenvalue weighted by molar-refractivity contribution is -0.129. The minimum atomic E-state index is -0.409. The minimum absolute atomic E-state index is 0.0565. The van der Waals surface area contributed by atoms with Crippen LogP contribution in [-0.2, 0) is 11.3 Å². The van der Waals surface area contributed by atoms with Crippen molar-refractivity contribution in [3.8, 4) is 0 Å². The van der Waals surface area contributed by atoms with E-state index in [9.17, 15) is 9.59 Å². The summed E-state index contributed by atoms with van der Waals surface area (Å²) in [6.07, 6.45) is 0. The van der Waals surface area contributed by atoms with Crippen molar-refractivity contribution in [2.45, 2.75) is 6.54 Å². The molecule has 0 atom stereocenters. The Bertz CT molecular complexity index is 595. The van der Waals surface area contributed by atoms with Crippen LogP contribution in [0.5, 0.6) is 0 Å². The fourth-order valence-electron chi connectivity index (χ4n) is 1.54. The van der Waals surface area contributed by atoms with Gasteiger partial charge in [0, 0.05) is 11.9 Å². The van der Waals surface area contributed by atoms with Crippen LogP contribution in [0.4, 0.5) is 0 Å². The van der Waals surface area contributed by atoms with Crippen molar-refractivity contribution in [2.24, 2.45) is 0 Å². The summed E-state index contributed by atoms with van der Waals surface area (Å²) in [7, 11) is 1.71. The third-order valence-electron chi connectivity index (χ3n) is 2.60. The minimum Gasteiger partial charge on any atom is -0.444 e. The number of nitrogens with one attached hydrogen (secondary N) is 1. The molecule has 0 aliphatic rings. The molecule has 106 valence electrons. The summed E-state index contributed by atoms with van der Waals surface area (Å²) in [6, 6.07) is 7.07. The molecule has 0 bridgehead atoms. The van der Waals surface area contributed by atoms with Gasteiger partial charge in [-0.2, -0.15) is 0 Å². The zero-order valence-corrected chi connectivity index (χ0v) is 13.2. The first-order valence-corrected chi connectivity index (χ1v) is 7.53. The summed E-state index contributed by atoms with van der Waals surface area (Å²) < 4.78 is 5.58. The molecule has 0 saturated carbocycles. The van der Waals surface area contributed by atoms with Crippen molar-refractivity contribution < 1.29 is 14.0 Å². The van der Waals surface area contributed by atoms with Crippen molar-refractivity contribution in [3.05, 3.63) is 45.0 Å². The third kappa shape index (κ3) is 3.94. The Hall–Kier alpha value is -1.60. The second-order valence-corrected chi connectivity index (χ2v) is 5.93. The smallest absolute Gasteiger partial charge is 0.287 e. The van der Waals surface area contributed by atoms with Gasteiger partial charge in [-0.25, -0.2) is 0 Å². The fraction of sp³-hybridized carbons (Fsp3) is 0.231.